The van der Waals surface area contributed by atoms with Crippen LogP contribution in [-0.4, -0.2) is 30.8 Å². The molecule has 1 aromatic heterocycles. The lowest BCUT2D eigenvalue weighted by atomic mass is 9.81. The van der Waals surface area contributed by atoms with Crippen LogP contribution in [0.4, 0.5) is 11.4 Å². The summed E-state index contributed by atoms with van der Waals surface area (Å²) in [4.78, 5) is 43.1. The fraction of sp³-hybridized carbons (Fsp3) is 0.324. The smallest absolute Gasteiger partial charge is 0.269 e. The van der Waals surface area contributed by atoms with E-state index in [2.05, 4.69) is 10.6 Å². The van der Waals surface area contributed by atoms with Crippen LogP contribution in [0.3, 0.4) is 0 Å². The predicted octanol–water partition coefficient (Wildman–Crippen LogP) is 6.43. The monoisotopic (exact) mass is 580 g/mol. The minimum Gasteiger partial charge on any atom is -0.352 e. The van der Waals surface area contributed by atoms with E-state index in [0.717, 1.165) is 46.9 Å². The van der Waals surface area contributed by atoms with Gasteiger partial charge in [0.2, 0.25) is 5.91 Å². The van der Waals surface area contributed by atoms with Crippen molar-refractivity contribution in [1.29, 1.82) is 0 Å². The molecule has 2 aliphatic rings. The molecule has 42 heavy (non-hydrogen) atoms. The maximum Gasteiger partial charge on any atom is 0.269 e. The number of hydrogen-bond acceptors (Lipinski definition) is 5. The number of carbonyl (C=O) groups is 3. The number of hydrogen-bond donors (Lipinski definition) is 3. The number of benzene rings is 3. The third kappa shape index (κ3) is 5.82. The number of nitrogens with one attached hydrogen (secondary N) is 2. The van der Waals surface area contributed by atoms with E-state index in [9.17, 15) is 14.4 Å². The van der Waals surface area contributed by atoms with Crippen LogP contribution in [0.2, 0.25) is 0 Å². The van der Waals surface area contributed by atoms with Crippen molar-refractivity contribution in [2.75, 3.05) is 23.3 Å². The predicted molar refractivity (Wildman–Crippen MR) is 169 cm³/mol. The second-order valence-electron chi connectivity index (χ2n) is 11.6. The Morgan fingerprint density at radius 2 is 1.81 bits per heavy atom. The maximum atomic E-state index is 14.3. The Morgan fingerprint density at radius 3 is 2.60 bits per heavy atom. The molecule has 1 fully saturated rings. The normalized spacial score (nSPS) is 20.5. The van der Waals surface area contributed by atoms with Gasteiger partial charge < -0.3 is 16.4 Å². The summed E-state index contributed by atoms with van der Waals surface area (Å²) in [6.07, 6.45) is 4.52. The zero-order valence-corrected chi connectivity index (χ0v) is 24.6. The number of nitrogens with two attached hydrogens (primary N) is 1. The Labute approximate surface area is 250 Å². The van der Waals surface area contributed by atoms with Gasteiger partial charge in [0, 0.05) is 16.8 Å². The summed E-state index contributed by atoms with van der Waals surface area (Å²) < 4.78 is 1.03. The molecule has 1 saturated carbocycles. The number of amides is 3. The van der Waals surface area contributed by atoms with Gasteiger partial charge >= 0.3 is 0 Å². The highest BCUT2D eigenvalue weighted by Crippen LogP contribution is 2.41. The summed E-state index contributed by atoms with van der Waals surface area (Å²) in [5.74, 6) is 0.365. The first-order chi connectivity index (χ1) is 20.4. The number of fused-ring (bicyclic) bond motifs is 2. The number of nitrogens with zero attached hydrogens (tertiary/aromatic N) is 1. The first-order valence-electron chi connectivity index (χ1n) is 14.7. The van der Waals surface area contributed by atoms with Gasteiger partial charge in [0.15, 0.2) is 0 Å². The van der Waals surface area contributed by atoms with E-state index in [0.29, 0.717) is 46.7 Å². The molecular formula is C34H36N4O3S. The van der Waals surface area contributed by atoms with Crippen molar-refractivity contribution in [3.05, 3.63) is 94.4 Å². The molecule has 6 rings (SSSR count). The fourth-order valence-electron chi connectivity index (χ4n) is 6.28. The standard InChI is InChI=1S/C34H36N4O3S/c1-21-9-11-24(12-10-21)29-18-32(39)37-27-16-26(33(40)36-20-23-6-4-5-22(15-23)19-35)13-14-28(27)38(29)34(41)31-17-25-7-2-3-8-30(25)42-31/h2-3,7-14,16-17,22-23,29H,4-6,15,18-20,35H2,1H3,(H,36,40)(H,37,39). The van der Waals surface area contributed by atoms with E-state index in [1.54, 1.807) is 23.1 Å². The molecule has 8 heteroatoms. The van der Waals surface area contributed by atoms with Gasteiger partial charge in [-0.05, 0) is 85.8 Å². The highest BCUT2D eigenvalue weighted by molar-refractivity contribution is 7.20. The van der Waals surface area contributed by atoms with E-state index in [4.69, 9.17) is 5.73 Å². The Hall–Kier alpha value is -4.01. The molecule has 0 bridgehead atoms. The van der Waals surface area contributed by atoms with Gasteiger partial charge in [0.1, 0.15) is 0 Å². The lowest BCUT2D eigenvalue weighted by Crippen LogP contribution is -2.35. The molecule has 4 N–H and O–H groups in total. The molecule has 3 aromatic carbocycles. The van der Waals surface area contributed by atoms with Crippen LogP contribution >= 0.6 is 11.3 Å². The molecule has 3 unspecified atom stereocenters. The van der Waals surface area contributed by atoms with Crippen molar-refractivity contribution in [1.82, 2.24) is 5.32 Å². The lowest BCUT2D eigenvalue weighted by molar-refractivity contribution is -0.116. The number of rotatable bonds is 6. The minimum atomic E-state index is -0.508. The van der Waals surface area contributed by atoms with Gasteiger partial charge in [-0.3, -0.25) is 19.3 Å². The number of aryl methyl sites for hydroxylation is 1. The van der Waals surface area contributed by atoms with Crippen LogP contribution in [0.15, 0.2) is 72.8 Å². The molecule has 0 spiro atoms. The highest BCUT2D eigenvalue weighted by Gasteiger charge is 2.35. The van der Waals surface area contributed by atoms with Gasteiger partial charge in [-0.15, -0.1) is 11.3 Å². The molecule has 2 heterocycles. The first-order valence-corrected chi connectivity index (χ1v) is 15.5. The first kappa shape index (κ1) is 28.1. The topological polar surface area (TPSA) is 105 Å². The van der Waals surface area contributed by atoms with E-state index in [-0.39, 0.29) is 24.1 Å². The van der Waals surface area contributed by atoms with Gasteiger partial charge in [-0.2, -0.15) is 0 Å². The molecule has 4 aromatic rings. The second-order valence-corrected chi connectivity index (χ2v) is 12.7. The van der Waals surface area contributed by atoms with E-state index in [1.807, 2.05) is 61.5 Å². The van der Waals surface area contributed by atoms with Gasteiger partial charge in [-0.1, -0.05) is 54.4 Å². The average Bonchev–Trinajstić information content (AvgIpc) is 3.39. The Bertz CT molecular complexity index is 1600. The third-order valence-electron chi connectivity index (χ3n) is 8.58. The minimum absolute atomic E-state index is 0.0971. The molecule has 3 amide bonds. The molecule has 0 radical (unpaired) electrons. The van der Waals surface area contributed by atoms with E-state index >= 15 is 0 Å². The Kier molecular flexibility index (Phi) is 8.09. The summed E-state index contributed by atoms with van der Waals surface area (Å²) in [6, 6.07) is 22.5. The van der Waals surface area contributed by atoms with Crippen LogP contribution in [0.5, 0.6) is 0 Å². The fourth-order valence-corrected chi connectivity index (χ4v) is 7.28. The summed E-state index contributed by atoms with van der Waals surface area (Å²) in [5, 5.41) is 7.08. The maximum absolute atomic E-state index is 14.3. The molecular weight excluding hydrogens is 544 g/mol. The Morgan fingerprint density at radius 1 is 1.02 bits per heavy atom. The van der Waals surface area contributed by atoms with E-state index in [1.165, 1.54) is 11.3 Å². The van der Waals surface area contributed by atoms with Crippen molar-refractivity contribution < 1.29 is 14.4 Å². The van der Waals surface area contributed by atoms with Crippen LogP contribution in [0.1, 0.15) is 69.3 Å². The Balaban J connectivity index is 1.33. The molecule has 1 aliphatic carbocycles. The zero-order valence-electron chi connectivity index (χ0n) is 23.8. The molecule has 1 aliphatic heterocycles. The SMILES string of the molecule is Cc1ccc(C2CC(=O)Nc3cc(C(=O)NCC4CCCC(CN)C4)ccc3N2C(=O)c2cc3ccccc3s2)cc1. The highest BCUT2D eigenvalue weighted by atomic mass is 32.1. The van der Waals surface area contributed by atoms with E-state index < -0.39 is 6.04 Å². The summed E-state index contributed by atoms with van der Waals surface area (Å²) >= 11 is 1.44. The van der Waals surface area contributed by atoms with Crippen LogP contribution in [-0.2, 0) is 4.79 Å². The van der Waals surface area contributed by atoms with Crippen molar-refractivity contribution in [3.63, 3.8) is 0 Å². The lowest BCUT2D eigenvalue weighted by Gasteiger charge is -2.31. The van der Waals surface area contributed by atoms with Crippen LogP contribution in [0.25, 0.3) is 10.1 Å². The van der Waals surface area contributed by atoms with Crippen molar-refractivity contribution in [3.8, 4) is 0 Å². The largest absolute Gasteiger partial charge is 0.352 e. The van der Waals surface area contributed by atoms with Gasteiger partial charge in [-0.25, -0.2) is 0 Å². The van der Waals surface area contributed by atoms with Gasteiger partial charge in [0.05, 0.1) is 28.7 Å². The summed E-state index contributed by atoms with van der Waals surface area (Å²) in [6.45, 7) is 3.30. The average molecular weight is 581 g/mol. The molecule has 7 nitrogen and oxygen atoms in total. The quantitative estimate of drug-likeness (QED) is 0.244. The summed E-state index contributed by atoms with van der Waals surface area (Å²) in [7, 11) is 0. The van der Waals surface area contributed by atoms with Crippen LogP contribution in [0, 0.1) is 18.8 Å². The zero-order chi connectivity index (χ0) is 29.2. The molecule has 216 valence electrons. The number of thiophene rings is 1. The number of carbonyl (C=O) groups excluding carboxylic acids is 3. The number of anilines is 2. The second kappa shape index (κ2) is 12.1. The van der Waals surface area contributed by atoms with Gasteiger partial charge in [0.25, 0.3) is 11.8 Å². The van der Waals surface area contributed by atoms with Crippen molar-refractivity contribution in [2.45, 2.75) is 45.1 Å². The third-order valence-corrected chi connectivity index (χ3v) is 9.68. The molecule has 0 saturated heterocycles. The van der Waals surface area contributed by atoms with Crippen LogP contribution < -0.4 is 21.3 Å². The molecule has 3 atom stereocenters. The van der Waals surface area contributed by atoms with Crippen molar-refractivity contribution >= 4 is 50.5 Å². The van der Waals surface area contributed by atoms with Crippen molar-refractivity contribution in [2.24, 2.45) is 17.6 Å². The summed E-state index contributed by atoms with van der Waals surface area (Å²) in [5.41, 5.74) is 9.35.